The molecule has 0 aromatic heterocycles. The van der Waals surface area contributed by atoms with Crippen LogP contribution in [0.15, 0.2) is 47.4 Å². The van der Waals surface area contributed by atoms with E-state index < -0.39 is 23.5 Å². The van der Waals surface area contributed by atoms with Gasteiger partial charge in [-0.1, -0.05) is 36.4 Å². The van der Waals surface area contributed by atoms with Gasteiger partial charge < -0.3 is 14.2 Å². The van der Waals surface area contributed by atoms with Crippen LogP contribution in [0.3, 0.4) is 0 Å². The van der Waals surface area contributed by atoms with Crippen LogP contribution in [-0.4, -0.2) is 52.4 Å². The van der Waals surface area contributed by atoms with Gasteiger partial charge in [0.15, 0.2) is 5.79 Å². The summed E-state index contributed by atoms with van der Waals surface area (Å²) in [5.74, 6) is -0.152. The number of benzene rings is 2. The molecule has 2 heterocycles. The van der Waals surface area contributed by atoms with Crippen LogP contribution in [0, 0.1) is 11.3 Å². The van der Waals surface area contributed by atoms with Gasteiger partial charge in [0.2, 0.25) is 0 Å². The van der Waals surface area contributed by atoms with Crippen LogP contribution < -0.4 is 0 Å². The van der Waals surface area contributed by atoms with E-state index in [-0.39, 0.29) is 24.7 Å². The molecule has 2 aromatic carbocycles. The summed E-state index contributed by atoms with van der Waals surface area (Å²) in [5, 5.41) is 11.8. The maximum absolute atomic E-state index is 13.2. The summed E-state index contributed by atoms with van der Waals surface area (Å²) in [6, 6.07) is 16.0. The fourth-order valence-electron chi connectivity index (χ4n) is 4.54. The Morgan fingerprint density at radius 1 is 1.12 bits per heavy atom. The number of amides is 1. The number of nitriles is 1. The maximum Gasteiger partial charge on any atom is 0.411 e. The van der Waals surface area contributed by atoms with Gasteiger partial charge in [-0.05, 0) is 51.5 Å². The van der Waals surface area contributed by atoms with E-state index in [4.69, 9.17) is 14.2 Å². The monoisotopic (exact) mass is 454 g/mol. The first-order valence-corrected chi connectivity index (χ1v) is 11.9. The van der Waals surface area contributed by atoms with Crippen molar-refractivity contribution in [2.45, 2.75) is 81.6 Å². The molecular formula is C25H30N2O4S. The topological polar surface area (TPSA) is 71.8 Å². The Hall–Kier alpha value is -2.27. The number of fused-ring (bicyclic) bond motifs is 2. The molecule has 2 aliphatic heterocycles. The second kappa shape index (κ2) is 8.58. The predicted molar refractivity (Wildman–Crippen MR) is 124 cm³/mol. The van der Waals surface area contributed by atoms with Gasteiger partial charge in [-0.2, -0.15) is 5.26 Å². The van der Waals surface area contributed by atoms with Crippen molar-refractivity contribution in [3.05, 3.63) is 42.5 Å². The second-order valence-corrected chi connectivity index (χ2v) is 10.8. The molecule has 2 saturated heterocycles. The number of thioether (sulfide) groups is 1. The van der Waals surface area contributed by atoms with Crippen molar-refractivity contribution in [3.63, 3.8) is 0 Å². The van der Waals surface area contributed by atoms with E-state index in [1.807, 2.05) is 52.8 Å². The molecule has 7 heteroatoms. The van der Waals surface area contributed by atoms with Crippen molar-refractivity contribution in [1.82, 2.24) is 4.90 Å². The summed E-state index contributed by atoms with van der Waals surface area (Å²) in [5.41, 5.74) is -0.639. The summed E-state index contributed by atoms with van der Waals surface area (Å²) in [6.45, 7) is 9.29. The van der Waals surface area contributed by atoms with Crippen LogP contribution in [0.4, 0.5) is 4.79 Å². The lowest BCUT2D eigenvalue weighted by Gasteiger charge is -2.34. The molecule has 4 atom stereocenters. The molecule has 4 rings (SSSR count). The number of hydrogen-bond acceptors (Lipinski definition) is 6. The Balaban J connectivity index is 1.65. The zero-order valence-electron chi connectivity index (χ0n) is 19.2. The first-order chi connectivity index (χ1) is 15.1. The molecule has 1 amide bonds. The highest BCUT2D eigenvalue weighted by molar-refractivity contribution is 7.99. The Morgan fingerprint density at radius 2 is 1.78 bits per heavy atom. The van der Waals surface area contributed by atoms with Crippen molar-refractivity contribution in [3.8, 4) is 6.07 Å². The molecule has 0 aliphatic carbocycles. The van der Waals surface area contributed by atoms with Gasteiger partial charge in [-0.15, -0.1) is 11.8 Å². The van der Waals surface area contributed by atoms with Gasteiger partial charge in [0.1, 0.15) is 17.8 Å². The van der Waals surface area contributed by atoms with E-state index in [1.165, 1.54) is 10.8 Å². The summed E-state index contributed by atoms with van der Waals surface area (Å²) in [7, 11) is 0. The summed E-state index contributed by atoms with van der Waals surface area (Å²) >= 11 is 1.69. The highest BCUT2D eigenvalue weighted by Gasteiger charge is 2.59. The molecule has 32 heavy (non-hydrogen) atoms. The number of hydrogen-bond donors (Lipinski definition) is 0. The first kappa shape index (κ1) is 22.9. The van der Waals surface area contributed by atoms with Crippen LogP contribution >= 0.6 is 11.8 Å². The largest absolute Gasteiger partial charge is 0.444 e. The number of carbonyl (C=O) groups excluding carboxylic acids is 1. The average molecular weight is 455 g/mol. The standard InChI is InChI=1S/C25H30N2O4S/c1-24(2,3)31-23(28)27-18(13-14-26)21-22(30-25(4,5)29-21)19(27)15-32-20-12-8-10-16-9-6-7-11-17(16)20/h6-12,18-19,21-22H,13,15H2,1-5H3/t18-,19+,21-,22+/m0/s1. The minimum Gasteiger partial charge on any atom is -0.444 e. The molecule has 2 aromatic rings. The lowest BCUT2D eigenvalue weighted by molar-refractivity contribution is -0.165. The first-order valence-electron chi connectivity index (χ1n) is 10.9. The SMILES string of the molecule is CC(C)(C)OC(=O)N1[C@H](CSc2cccc3ccccc23)[C@H]2OC(C)(C)O[C@H]2[C@@H]1CC#N. The Labute approximate surface area is 193 Å². The van der Waals surface area contributed by atoms with E-state index in [2.05, 4.69) is 30.3 Å². The molecule has 0 spiro atoms. The molecule has 170 valence electrons. The molecule has 2 aliphatic rings. The zero-order chi connectivity index (χ0) is 23.1. The summed E-state index contributed by atoms with van der Waals surface area (Å²) in [4.78, 5) is 16.1. The van der Waals surface area contributed by atoms with Crippen LogP contribution in [-0.2, 0) is 14.2 Å². The zero-order valence-corrected chi connectivity index (χ0v) is 20.0. The van der Waals surface area contributed by atoms with E-state index >= 15 is 0 Å². The van der Waals surface area contributed by atoms with Crippen LogP contribution in [0.2, 0.25) is 0 Å². The maximum atomic E-state index is 13.2. The third-order valence-corrected chi connectivity index (χ3v) is 6.88. The van der Waals surface area contributed by atoms with Crippen molar-refractivity contribution >= 4 is 28.6 Å². The van der Waals surface area contributed by atoms with Gasteiger partial charge in [0.25, 0.3) is 0 Å². The quantitative estimate of drug-likeness (QED) is 0.580. The molecule has 6 nitrogen and oxygen atoms in total. The molecule has 2 fully saturated rings. The van der Waals surface area contributed by atoms with Crippen LogP contribution in [0.25, 0.3) is 10.8 Å². The molecule has 0 radical (unpaired) electrons. The van der Waals surface area contributed by atoms with Crippen LogP contribution in [0.5, 0.6) is 0 Å². The second-order valence-electron chi connectivity index (χ2n) is 9.74. The normalized spacial score (nSPS) is 26.7. The minimum atomic E-state index is -0.759. The number of likely N-dealkylation sites (tertiary alicyclic amines) is 1. The fourth-order valence-corrected chi connectivity index (χ4v) is 5.76. The minimum absolute atomic E-state index is 0.162. The van der Waals surface area contributed by atoms with E-state index in [0.717, 1.165) is 4.90 Å². The lowest BCUT2D eigenvalue weighted by Crippen LogP contribution is -2.49. The number of rotatable bonds is 4. The average Bonchev–Trinajstić information content (AvgIpc) is 3.16. The van der Waals surface area contributed by atoms with Crippen molar-refractivity contribution in [2.24, 2.45) is 0 Å². The van der Waals surface area contributed by atoms with Gasteiger partial charge >= 0.3 is 6.09 Å². The third-order valence-electron chi connectivity index (χ3n) is 5.70. The highest BCUT2D eigenvalue weighted by Crippen LogP contribution is 2.44. The number of ether oxygens (including phenoxy) is 3. The molecule has 0 saturated carbocycles. The van der Waals surface area contributed by atoms with Crippen molar-refractivity contribution < 1.29 is 19.0 Å². The summed E-state index contributed by atoms with van der Waals surface area (Å²) in [6.07, 6.45) is -0.954. The predicted octanol–water partition coefficient (Wildman–Crippen LogP) is 5.35. The molecule has 0 bridgehead atoms. The number of carbonyl (C=O) groups is 1. The van der Waals surface area contributed by atoms with Crippen molar-refractivity contribution in [1.29, 1.82) is 5.26 Å². The van der Waals surface area contributed by atoms with Gasteiger partial charge in [0.05, 0.1) is 24.6 Å². The number of nitrogens with zero attached hydrogens (tertiary/aromatic N) is 2. The molecular weight excluding hydrogens is 424 g/mol. The van der Waals surface area contributed by atoms with Crippen LogP contribution in [0.1, 0.15) is 41.0 Å². The highest BCUT2D eigenvalue weighted by atomic mass is 32.2. The summed E-state index contributed by atoms with van der Waals surface area (Å²) < 4.78 is 18.1. The van der Waals surface area contributed by atoms with E-state index in [1.54, 1.807) is 16.7 Å². The smallest absolute Gasteiger partial charge is 0.411 e. The van der Waals surface area contributed by atoms with Crippen molar-refractivity contribution in [2.75, 3.05) is 5.75 Å². The third kappa shape index (κ3) is 4.59. The van der Waals surface area contributed by atoms with E-state index in [0.29, 0.717) is 5.75 Å². The van der Waals surface area contributed by atoms with Gasteiger partial charge in [0, 0.05) is 10.6 Å². The Morgan fingerprint density at radius 3 is 2.47 bits per heavy atom. The van der Waals surface area contributed by atoms with Gasteiger partial charge in [-0.3, -0.25) is 4.90 Å². The van der Waals surface area contributed by atoms with E-state index in [9.17, 15) is 10.1 Å². The Bertz CT molecular complexity index is 1040. The van der Waals surface area contributed by atoms with Gasteiger partial charge in [-0.25, -0.2) is 4.79 Å². The lowest BCUT2D eigenvalue weighted by atomic mass is 10.1. The molecule has 0 unspecified atom stereocenters. The fraction of sp³-hybridized carbons (Fsp3) is 0.520. The molecule has 0 N–H and O–H groups in total. The Kier molecular flexibility index (Phi) is 6.15.